The molecule has 2 aliphatic rings. The second-order valence-electron chi connectivity index (χ2n) is 12.6. The summed E-state index contributed by atoms with van der Waals surface area (Å²) in [6.07, 6.45) is 11.5. The predicted molar refractivity (Wildman–Crippen MR) is 177 cm³/mol. The number of carbonyl (C=O) groups is 4. The van der Waals surface area contributed by atoms with Gasteiger partial charge in [-0.3, -0.25) is 24.2 Å². The molecule has 11 nitrogen and oxygen atoms in total. The van der Waals surface area contributed by atoms with Gasteiger partial charge < -0.3 is 26.6 Å². The van der Waals surface area contributed by atoms with Crippen molar-refractivity contribution >= 4 is 29.5 Å². The highest BCUT2D eigenvalue weighted by Crippen LogP contribution is 2.27. The number of carbonyl (C=O) groups excluding carboxylic acids is 4. The molecule has 2 aromatic rings. The van der Waals surface area contributed by atoms with Crippen LogP contribution in [-0.4, -0.2) is 73.6 Å². The normalized spacial score (nSPS) is 17.8. The van der Waals surface area contributed by atoms with Crippen LogP contribution in [-0.2, 0) is 39.1 Å². The Morgan fingerprint density at radius 1 is 0.913 bits per heavy atom. The fraction of sp³-hybridized carbons (Fsp3) is 0.543. The van der Waals surface area contributed by atoms with Crippen molar-refractivity contribution in [3.8, 4) is 0 Å². The van der Waals surface area contributed by atoms with Gasteiger partial charge in [0.05, 0.1) is 0 Å². The Morgan fingerprint density at radius 2 is 1.59 bits per heavy atom. The van der Waals surface area contributed by atoms with Crippen molar-refractivity contribution in [2.45, 2.75) is 76.3 Å². The highest BCUT2D eigenvalue weighted by Gasteiger charge is 2.38. The van der Waals surface area contributed by atoms with Crippen molar-refractivity contribution in [3.05, 3.63) is 65.5 Å². The van der Waals surface area contributed by atoms with E-state index in [1.165, 1.54) is 0 Å². The summed E-state index contributed by atoms with van der Waals surface area (Å²) in [5.74, 6) is -2.16. The van der Waals surface area contributed by atoms with Gasteiger partial charge >= 0.3 is 0 Å². The van der Waals surface area contributed by atoms with Crippen LogP contribution in [0, 0.1) is 11.8 Å². The first-order valence-electron chi connectivity index (χ1n) is 16.6. The Morgan fingerprint density at radius 3 is 2.20 bits per heavy atom. The molecule has 4 rings (SSSR count). The fourth-order valence-electron chi connectivity index (χ4n) is 6.66. The molecule has 1 aliphatic heterocycles. The number of hydrogen-bond acceptors (Lipinski definition) is 5. The molecule has 1 unspecified atom stereocenters. The third kappa shape index (κ3) is 9.37. The SMILES string of the molecule is CN=C(NC)c1ccc(CC(C(=O)N[C@H](C(=O)N[C@@H](Cc2ccc[n+](C)c2)C(N)=O)C2CCCCC2)C(=O)N2CCCCC2)cc1. The van der Waals surface area contributed by atoms with E-state index in [0.29, 0.717) is 13.1 Å². The predicted octanol–water partition coefficient (Wildman–Crippen LogP) is 1.56. The number of rotatable bonds is 12. The van der Waals surface area contributed by atoms with E-state index >= 15 is 0 Å². The number of amides is 4. The first-order valence-corrected chi connectivity index (χ1v) is 16.6. The Kier molecular flexibility index (Phi) is 12.7. The summed E-state index contributed by atoms with van der Waals surface area (Å²) in [7, 11) is 5.40. The van der Waals surface area contributed by atoms with Crippen molar-refractivity contribution < 1.29 is 23.7 Å². The molecule has 248 valence electrons. The Labute approximate surface area is 272 Å². The number of nitrogens with two attached hydrogens (primary N) is 1. The number of pyridine rings is 1. The van der Waals surface area contributed by atoms with Crippen LogP contribution in [0.5, 0.6) is 0 Å². The summed E-state index contributed by atoms with van der Waals surface area (Å²) >= 11 is 0. The number of piperidine rings is 1. The van der Waals surface area contributed by atoms with Crippen LogP contribution < -0.4 is 26.3 Å². The number of nitrogens with zero attached hydrogens (tertiary/aromatic N) is 3. The van der Waals surface area contributed by atoms with Crippen LogP contribution in [0.3, 0.4) is 0 Å². The van der Waals surface area contributed by atoms with E-state index in [4.69, 9.17) is 5.73 Å². The number of aryl methyl sites for hydroxylation is 1. The summed E-state index contributed by atoms with van der Waals surface area (Å²) in [6.45, 7) is 1.23. The van der Waals surface area contributed by atoms with Gasteiger partial charge in [-0.15, -0.1) is 0 Å². The maximum Gasteiger partial charge on any atom is 0.243 e. The number of nitrogens with one attached hydrogen (secondary N) is 3. The lowest BCUT2D eigenvalue weighted by atomic mass is 9.83. The molecule has 5 N–H and O–H groups in total. The highest BCUT2D eigenvalue weighted by molar-refractivity contribution is 6.02. The van der Waals surface area contributed by atoms with Gasteiger partial charge in [-0.25, -0.2) is 4.57 Å². The number of benzene rings is 1. The summed E-state index contributed by atoms with van der Waals surface area (Å²) in [4.78, 5) is 60.5. The largest absolute Gasteiger partial charge is 0.373 e. The second kappa shape index (κ2) is 16.9. The van der Waals surface area contributed by atoms with Gasteiger partial charge in [-0.05, 0) is 56.1 Å². The summed E-state index contributed by atoms with van der Waals surface area (Å²) in [5.41, 5.74) is 8.33. The average molecular weight is 633 g/mol. The topological polar surface area (TPSA) is 150 Å². The maximum absolute atomic E-state index is 14.1. The van der Waals surface area contributed by atoms with Crippen LogP contribution >= 0.6 is 0 Å². The Bertz CT molecular complexity index is 1380. The van der Waals surface area contributed by atoms with Crippen LogP contribution in [0.1, 0.15) is 68.1 Å². The highest BCUT2D eigenvalue weighted by atomic mass is 16.2. The first-order chi connectivity index (χ1) is 22.2. The van der Waals surface area contributed by atoms with E-state index in [0.717, 1.165) is 73.9 Å². The smallest absolute Gasteiger partial charge is 0.243 e. The lowest BCUT2D eigenvalue weighted by Crippen LogP contribution is -2.58. The van der Waals surface area contributed by atoms with Crippen molar-refractivity contribution in [1.82, 2.24) is 20.9 Å². The molecule has 46 heavy (non-hydrogen) atoms. The van der Waals surface area contributed by atoms with Crippen LogP contribution in [0.4, 0.5) is 0 Å². The molecular weight excluding hydrogens is 582 g/mol. The lowest BCUT2D eigenvalue weighted by molar-refractivity contribution is -0.671. The zero-order valence-corrected chi connectivity index (χ0v) is 27.5. The molecule has 4 amide bonds. The van der Waals surface area contributed by atoms with Gasteiger partial charge in [0.2, 0.25) is 23.6 Å². The van der Waals surface area contributed by atoms with Crippen molar-refractivity contribution in [2.24, 2.45) is 29.6 Å². The minimum atomic E-state index is -0.997. The van der Waals surface area contributed by atoms with Crippen molar-refractivity contribution in [2.75, 3.05) is 27.2 Å². The van der Waals surface area contributed by atoms with E-state index in [2.05, 4.69) is 20.9 Å². The molecule has 1 saturated carbocycles. The summed E-state index contributed by atoms with van der Waals surface area (Å²) in [5, 5.41) is 8.92. The zero-order valence-electron chi connectivity index (χ0n) is 27.5. The minimum Gasteiger partial charge on any atom is -0.373 e. The third-order valence-electron chi connectivity index (χ3n) is 9.21. The van der Waals surface area contributed by atoms with Crippen LogP contribution in [0.15, 0.2) is 53.8 Å². The van der Waals surface area contributed by atoms with Gasteiger partial charge in [0.15, 0.2) is 12.4 Å². The summed E-state index contributed by atoms with van der Waals surface area (Å²) in [6, 6.07) is 9.57. The molecule has 0 bridgehead atoms. The molecule has 2 heterocycles. The maximum atomic E-state index is 14.1. The molecule has 1 aliphatic carbocycles. The number of likely N-dealkylation sites (tertiary alicyclic amines) is 1. The second-order valence-corrected chi connectivity index (χ2v) is 12.6. The molecule has 1 aromatic carbocycles. The van der Waals surface area contributed by atoms with E-state index < -0.39 is 35.7 Å². The monoisotopic (exact) mass is 632 g/mol. The van der Waals surface area contributed by atoms with E-state index in [1.54, 1.807) is 19.0 Å². The number of amidine groups is 1. The quantitative estimate of drug-likeness (QED) is 0.121. The molecule has 1 aromatic heterocycles. The molecule has 1 saturated heterocycles. The van der Waals surface area contributed by atoms with Crippen molar-refractivity contribution in [3.63, 3.8) is 0 Å². The van der Waals surface area contributed by atoms with Gasteiger partial charge in [0, 0.05) is 50.8 Å². The van der Waals surface area contributed by atoms with Crippen LogP contribution in [0.2, 0.25) is 0 Å². The molecule has 3 atom stereocenters. The van der Waals surface area contributed by atoms with Crippen LogP contribution in [0.25, 0.3) is 0 Å². The molecule has 0 spiro atoms. The number of hydrogen-bond donors (Lipinski definition) is 4. The lowest BCUT2D eigenvalue weighted by Gasteiger charge is -2.33. The molecule has 2 fully saturated rings. The number of aliphatic imine (C=N–C) groups is 1. The van der Waals surface area contributed by atoms with Crippen molar-refractivity contribution in [1.29, 1.82) is 0 Å². The Hall–Kier alpha value is -4.28. The minimum absolute atomic E-state index is 0.112. The molecule has 11 heteroatoms. The molecule has 0 radical (unpaired) electrons. The van der Waals surface area contributed by atoms with Gasteiger partial charge in [0.1, 0.15) is 30.9 Å². The Balaban J connectivity index is 1.57. The molecular formula is C35H50N7O4+. The fourth-order valence-corrected chi connectivity index (χ4v) is 6.66. The standard InChI is InChI=1S/C35H49N7O4/c1-37-32(38-2)27-16-14-24(15-17-27)21-28(35(46)42-19-8-5-9-20-42)33(44)40-30(26-12-6-4-7-13-26)34(45)39-29(31(36)43)22-25-11-10-18-41(3)23-25/h10-11,14-18,23,26,28-30H,4-9,12-13,19-22H2,1-3H3,(H4-,36,37,38,39,40,43,44,45)/p+1/t28?,29-,30-/m0/s1. The zero-order chi connectivity index (χ0) is 33.1. The number of primary amides is 1. The van der Waals surface area contributed by atoms with E-state index in [1.807, 2.05) is 60.4 Å². The number of aromatic nitrogens is 1. The van der Waals surface area contributed by atoms with Gasteiger partial charge in [0.25, 0.3) is 0 Å². The van der Waals surface area contributed by atoms with E-state index in [-0.39, 0.29) is 24.7 Å². The average Bonchev–Trinajstić information content (AvgIpc) is 3.07. The van der Waals surface area contributed by atoms with Gasteiger partial charge in [-0.2, -0.15) is 0 Å². The van der Waals surface area contributed by atoms with Gasteiger partial charge in [-0.1, -0.05) is 43.5 Å². The summed E-state index contributed by atoms with van der Waals surface area (Å²) < 4.78 is 1.87. The first kappa shape index (κ1) is 34.6. The third-order valence-corrected chi connectivity index (χ3v) is 9.21. The van der Waals surface area contributed by atoms with E-state index in [9.17, 15) is 19.2 Å².